The standard InChI is InChI=1S/C18H22N2O/c1-3-20(17-7-5-4-6-8-17)18(21)19-14-13-16-11-9-15(2)10-12-16/h4-12H,3,13-14H2,1-2H3,(H,19,21). The molecule has 0 saturated carbocycles. The Morgan fingerprint density at radius 1 is 1.05 bits per heavy atom. The third-order valence-corrected chi connectivity index (χ3v) is 3.44. The molecule has 0 aliphatic heterocycles. The number of amides is 2. The third-order valence-electron chi connectivity index (χ3n) is 3.44. The van der Waals surface area contributed by atoms with Crippen molar-refractivity contribution in [3.63, 3.8) is 0 Å². The normalized spacial score (nSPS) is 10.2. The van der Waals surface area contributed by atoms with Crippen LogP contribution in [0.25, 0.3) is 0 Å². The van der Waals surface area contributed by atoms with Crippen LogP contribution in [0.5, 0.6) is 0 Å². The number of rotatable bonds is 5. The molecule has 0 saturated heterocycles. The van der Waals surface area contributed by atoms with Crippen molar-refractivity contribution in [2.75, 3.05) is 18.0 Å². The first-order valence-corrected chi connectivity index (χ1v) is 7.36. The summed E-state index contributed by atoms with van der Waals surface area (Å²) in [7, 11) is 0. The number of aryl methyl sites for hydroxylation is 1. The van der Waals surface area contributed by atoms with Crippen LogP contribution in [0.15, 0.2) is 54.6 Å². The summed E-state index contributed by atoms with van der Waals surface area (Å²) in [6.07, 6.45) is 0.846. The van der Waals surface area contributed by atoms with Crippen molar-refractivity contribution < 1.29 is 4.79 Å². The molecule has 0 aromatic heterocycles. The molecule has 0 heterocycles. The van der Waals surface area contributed by atoms with Gasteiger partial charge < -0.3 is 5.32 Å². The molecule has 0 radical (unpaired) electrons. The minimum atomic E-state index is -0.0455. The van der Waals surface area contributed by atoms with Gasteiger partial charge in [0.15, 0.2) is 0 Å². The van der Waals surface area contributed by atoms with Gasteiger partial charge in [0.05, 0.1) is 0 Å². The van der Waals surface area contributed by atoms with Crippen LogP contribution in [-0.4, -0.2) is 19.1 Å². The number of carbonyl (C=O) groups is 1. The summed E-state index contributed by atoms with van der Waals surface area (Å²) in [5, 5.41) is 2.98. The highest BCUT2D eigenvalue weighted by atomic mass is 16.2. The van der Waals surface area contributed by atoms with E-state index in [-0.39, 0.29) is 6.03 Å². The number of hydrogen-bond acceptors (Lipinski definition) is 1. The van der Waals surface area contributed by atoms with Gasteiger partial charge in [-0.25, -0.2) is 4.79 Å². The van der Waals surface area contributed by atoms with Gasteiger partial charge in [-0.1, -0.05) is 48.0 Å². The van der Waals surface area contributed by atoms with Gasteiger partial charge in [0.2, 0.25) is 0 Å². The van der Waals surface area contributed by atoms with E-state index in [2.05, 4.69) is 36.5 Å². The largest absolute Gasteiger partial charge is 0.337 e. The molecule has 21 heavy (non-hydrogen) atoms. The fraction of sp³-hybridized carbons (Fsp3) is 0.278. The van der Waals surface area contributed by atoms with Crippen LogP contribution >= 0.6 is 0 Å². The predicted octanol–water partition coefficient (Wildman–Crippen LogP) is 3.77. The number of hydrogen-bond donors (Lipinski definition) is 1. The number of nitrogens with zero attached hydrogens (tertiary/aromatic N) is 1. The topological polar surface area (TPSA) is 32.3 Å². The van der Waals surface area contributed by atoms with Gasteiger partial charge in [0.1, 0.15) is 0 Å². The van der Waals surface area contributed by atoms with E-state index in [0.29, 0.717) is 13.1 Å². The molecule has 0 aliphatic rings. The fourth-order valence-electron chi connectivity index (χ4n) is 2.22. The first-order valence-electron chi connectivity index (χ1n) is 7.36. The molecule has 2 amide bonds. The Hall–Kier alpha value is -2.29. The van der Waals surface area contributed by atoms with E-state index < -0.39 is 0 Å². The van der Waals surface area contributed by atoms with Crippen LogP contribution < -0.4 is 10.2 Å². The SMILES string of the molecule is CCN(C(=O)NCCc1ccc(C)cc1)c1ccccc1. The van der Waals surface area contributed by atoms with Crippen LogP contribution in [-0.2, 0) is 6.42 Å². The third kappa shape index (κ3) is 4.35. The van der Waals surface area contributed by atoms with Crippen LogP contribution in [0.1, 0.15) is 18.1 Å². The molecule has 3 heteroatoms. The Kier molecular flexibility index (Phi) is 5.38. The molecule has 0 fully saturated rings. The second-order valence-electron chi connectivity index (χ2n) is 5.05. The summed E-state index contributed by atoms with van der Waals surface area (Å²) in [5.41, 5.74) is 3.42. The molecule has 2 rings (SSSR count). The minimum Gasteiger partial charge on any atom is -0.337 e. The van der Waals surface area contributed by atoms with Crippen molar-refractivity contribution in [2.45, 2.75) is 20.3 Å². The van der Waals surface area contributed by atoms with E-state index in [1.807, 2.05) is 37.3 Å². The van der Waals surface area contributed by atoms with Gasteiger partial charge in [0, 0.05) is 18.8 Å². The van der Waals surface area contributed by atoms with Crippen molar-refractivity contribution in [3.8, 4) is 0 Å². The van der Waals surface area contributed by atoms with Crippen molar-refractivity contribution in [1.29, 1.82) is 0 Å². The van der Waals surface area contributed by atoms with Gasteiger partial charge in [-0.05, 0) is 38.0 Å². The van der Waals surface area contributed by atoms with Crippen LogP contribution in [0.2, 0.25) is 0 Å². The van der Waals surface area contributed by atoms with E-state index in [1.54, 1.807) is 4.90 Å². The summed E-state index contributed by atoms with van der Waals surface area (Å²) in [4.78, 5) is 14.0. The van der Waals surface area contributed by atoms with E-state index in [9.17, 15) is 4.79 Å². The maximum Gasteiger partial charge on any atom is 0.321 e. The van der Waals surface area contributed by atoms with Crippen molar-refractivity contribution >= 4 is 11.7 Å². The smallest absolute Gasteiger partial charge is 0.321 e. The Balaban J connectivity index is 1.87. The molecule has 0 spiro atoms. The van der Waals surface area contributed by atoms with Gasteiger partial charge in [-0.3, -0.25) is 4.90 Å². The Morgan fingerprint density at radius 2 is 1.71 bits per heavy atom. The number of para-hydroxylation sites is 1. The zero-order chi connectivity index (χ0) is 15.1. The quantitative estimate of drug-likeness (QED) is 0.889. The average molecular weight is 282 g/mol. The zero-order valence-corrected chi connectivity index (χ0v) is 12.7. The molecule has 1 N–H and O–H groups in total. The number of carbonyl (C=O) groups excluding carboxylic acids is 1. The lowest BCUT2D eigenvalue weighted by atomic mass is 10.1. The van der Waals surface area contributed by atoms with E-state index in [1.165, 1.54) is 11.1 Å². The fourth-order valence-corrected chi connectivity index (χ4v) is 2.22. The summed E-state index contributed by atoms with van der Waals surface area (Å²) in [5.74, 6) is 0. The molecule has 0 bridgehead atoms. The minimum absolute atomic E-state index is 0.0455. The lowest BCUT2D eigenvalue weighted by Crippen LogP contribution is -2.40. The van der Waals surface area contributed by atoms with Gasteiger partial charge in [-0.15, -0.1) is 0 Å². The van der Waals surface area contributed by atoms with Gasteiger partial charge in [0.25, 0.3) is 0 Å². The molecule has 0 unspecified atom stereocenters. The number of benzene rings is 2. The maximum absolute atomic E-state index is 12.2. The van der Waals surface area contributed by atoms with Crippen molar-refractivity contribution in [2.24, 2.45) is 0 Å². The second kappa shape index (κ2) is 7.48. The monoisotopic (exact) mass is 282 g/mol. The number of anilines is 1. The average Bonchev–Trinajstić information content (AvgIpc) is 2.51. The van der Waals surface area contributed by atoms with Crippen LogP contribution in [0, 0.1) is 6.92 Å². The van der Waals surface area contributed by atoms with E-state index in [4.69, 9.17) is 0 Å². The Labute approximate surface area is 126 Å². The molecule has 110 valence electrons. The molecular weight excluding hydrogens is 260 g/mol. The van der Waals surface area contributed by atoms with Gasteiger partial charge >= 0.3 is 6.03 Å². The highest BCUT2D eigenvalue weighted by Crippen LogP contribution is 2.12. The zero-order valence-electron chi connectivity index (χ0n) is 12.7. The molecule has 3 nitrogen and oxygen atoms in total. The number of nitrogens with one attached hydrogen (secondary N) is 1. The first kappa shape index (κ1) is 15.1. The number of urea groups is 1. The summed E-state index contributed by atoms with van der Waals surface area (Å²) < 4.78 is 0. The second-order valence-corrected chi connectivity index (χ2v) is 5.05. The van der Waals surface area contributed by atoms with Gasteiger partial charge in [-0.2, -0.15) is 0 Å². The van der Waals surface area contributed by atoms with Crippen LogP contribution in [0.4, 0.5) is 10.5 Å². The van der Waals surface area contributed by atoms with E-state index in [0.717, 1.165) is 12.1 Å². The van der Waals surface area contributed by atoms with Crippen molar-refractivity contribution in [3.05, 3.63) is 65.7 Å². The maximum atomic E-state index is 12.2. The molecule has 0 aliphatic carbocycles. The first-order chi connectivity index (χ1) is 10.2. The molecule has 2 aromatic rings. The predicted molar refractivity (Wildman–Crippen MR) is 87.7 cm³/mol. The summed E-state index contributed by atoms with van der Waals surface area (Å²) in [6.45, 7) is 5.35. The Morgan fingerprint density at radius 3 is 2.33 bits per heavy atom. The molecule has 2 aromatic carbocycles. The molecule has 0 atom stereocenters. The lowest BCUT2D eigenvalue weighted by Gasteiger charge is -2.21. The molecular formula is C18H22N2O. The van der Waals surface area contributed by atoms with Crippen molar-refractivity contribution in [1.82, 2.24) is 5.32 Å². The lowest BCUT2D eigenvalue weighted by molar-refractivity contribution is 0.246. The highest BCUT2D eigenvalue weighted by molar-refractivity contribution is 5.91. The highest BCUT2D eigenvalue weighted by Gasteiger charge is 2.12. The summed E-state index contributed by atoms with van der Waals surface area (Å²) >= 11 is 0. The Bertz CT molecular complexity index is 564. The summed E-state index contributed by atoms with van der Waals surface area (Å²) in [6, 6.07) is 18.1. The van der Waals surface area contributed by atoms with Crippen LogP contribution in [0.3, 0.4) is 0 Å². The van der Waals surface area contributed by atoms with E-state index >= 15 is 0 Å².